The number of hydrogen-bond donors (Lipinski definition) is 1. The molecule has 0 spiro atoms. The molecule has 0 saturated carbocycles. The van der Waals surface area contributed by atoms with Gasteiger partial charge in [-0.25, -0.2) is 0 Å². The van der Waals surface area contributed by atoms with Crippen LogP contribution in [0.5, 0.6) is 0 Å². The van der Waals surface area contributed by atoms with Crippen molar-refractivity contribution in [1.29, 1.82) is 0 Å². The maximum atomic E-state index is 9.59. The van der Waals surface area contributed by atoms with Gasteiger partial charge in [0.15, 0.2) is 0 Å². The molecule has 3 unspecified atom stereocenters. The number of hydrogen-bond acceptors (Lipinski definition) is 2. The van der Waals surface area contributed by atoms with Crippen LogP contribution in [0.15, 0.2) is 0 Å². The maximum Gasteiger partial charge on any atom is 0.0578 e. The van der Waals surface area contributed by atoms with Crippen molar-refractivity contribution in [2.24, 2.45) is 5.92 Å². The molecule has 1 N–H and O–H groups in total. The summed E-state index contributed by atoms with van der Waals surface area (Å²) in [6.07, 6.45) is 6.94. The van der Waals surface area contributed by atoms with E-state index < -0.39 is 0 Å². The molecule has 1 rings (SSSR count). The quantitative estimate of drug-likeness (QED) is 0.714. The van der Waals surface area contributed by atoms with Crippen LogP contribution in [-0.2, 0) is 4.74 Å². The molecule has 2 nitrogen and oxygen atoms in total. The summed E-state index contributed by atoms with van der Waals surface area (Å²) in [6.45, 7) is 5.20. The zero-order valence-electron chi connectivity index (χ0n) is 9.54. The average Bonchev–Trinajstić information content (AvgIpc) is 2.69. The third kappa shape index (κ3) is 3.97. The van der Waals surface area contributed by atoms with Gasteiger partial charge >= 0.3 is 0 Å². The molecule has 0 bridgehead atoms. The van der Waals surface area contributed by atoms with Gasteiger partial charge in [0.05, 0.1) is 12.2 Å². The summed E-state index contributed by atoms with van der Waals surface area (Å²) in [7, 11) is 0. The predicted octanol–water partition coefficient (Wildman–Crippen LogP) is 2.74. The summed E-state index contributed by atoms with van der Waals surface area (Å²) in [5.41, 5.74) is 0. The zero-order chi connectivity index (χ0) is 10.4. The fourth-order valence-corrected chi connectivity index (χ4v) is 2.18. The van der Waals surface area contributed by atoms with Gasteiger partial charge in [0.1, 0.15) is 0 Å². The molecule has 14 heavy (non-hydrogen) atoms. The first-order chi connectivity index (χ1) is 6.76. The van der Waals surface area contributed by atoms with Gasteiger partial charge < -0.3 is 9.84 Å². The lowest BCUT2D eigenvalue weighted by atomic mass is 9.91. The molecular formula is C12H24O2. The first kappa shape index (κ1) is 12.0. The highest BCUT2D eigenvalue weighted by Crippen LogP contribution is 2.25. The Morgan fingerprint density at radius 3 is 2.64 bits per heavy atom. The molecule has 84 valence electrons. The van der Waals surface area contributed by atoms with Crippen LogP contribution in [-0.4, -0.2) is 23.9 Å². The van der Waals surface area contributed by atoms with Crippen LogP contribution in [0.3, 0.4) is 0 Å². The van der Waals surface area contributed by atoms with Crippen molar-refractivity contribution in [3.8, 4) is 0 Å². The molecular weight excluding hydrogens is 176 g/mol. The smallest absolute Gasteiger partial charge is 0.0578 e. The van der Waals surface area contributed by atoms with Crippen LogP contribution in [0.2, 0.25) is 0 Å². The fraction of sp³-hybridized carbons (Fsp3) is 1.00. The minimum Gasteiger partial charge on any atom is -0.393 e. The van der Waals surface area contributed by atoms with Crippen molar-refractivity contribution >= 4 is 0 Å². The summed E-state index contributed by atoms with van der Waals surface area (Å²) in [4.78, 5) is 0. The van der Waals surface area contributed by atoms with Crippen molar-refractivity contribution in [2.75, 3.05) is 6.61 Å². The van der Waals surface area contributed by atoms with E-state index in [9.17, 15) is 5.11 Å². The van der Waals surface area contributed by atoms with Crippen molar-refractivity contribution < 1.29 is 9.84 Å². The highest BCUT2D eigenvalue weighted by molar-refractivity contribution is 4.71. The summed E-state index contributed by atoms with van der Waals surface area (Å²) in [5.74, 6) is 0.646. The third-order valence-electron chi connectivity index (χ3n) is 3.27. The van der Waals surface area contributed by atoms with Crippen LogP contribution in [0, 0.1) is 5.92 Å². The Morgan fingerprint density at radius 2 is 2.14 bits per heavy atom. The Balaban J connectivity index is 2.22. The normalized spacial score (nSPS) is 26.4. The molecule has 0 aromatic carbocycles. The van der Waals surface area contributed by atoms with E-state index in [0.717, 1.165) is 32.3 Å². The van der Waals surface area contributed by atoms with E-state index in [-0.39, 0.29) is 6.10 Å². The lowest BCUT2D eigenvalue weighted by Crippen LogP contribution is -2.17. The first-order valence-electron chi connectivity index (χ1n) is 6.05. The predicted molar refractivity (Wildman–Crippen MR) is 58.3 cm³/mol. The highest BCUT2D eigenvalue weighted by Gasteiger charge is 2.21. The van der Waals surface area contributed by atoms with Crippen molar-refractivity contribution in [3.63, 3.8) is 0 Å². The van der Waals surface area contributed by atoms with Crippen LogP contribution in [0.25, 0.3) is 0 Å². The Hall–Kier alpha value is -0.0800. The SMILES string of the molecule is CCC(O)CC(CC)CC1CCCO1. The lowest BCUT2D eigenvalue weighted by molar-refractivity contribution is 0.0716. The number of ether oxygens (including phenoxy) is 1. The van der Waals surface area contributed by atoms with Crippen molar-refractivity contribution in [3.05, 3.63) is 0 Å². The van der Waals surface area contributed by atoms with Gasteiger partial charge in [-0.05, 0) is 38.0 Å². The van der Waals surface area contributed by atoms with Crippen molar-refractivity contribution in [2.45, 2.75) is 64.6 Å². The fourth-order valence-electron chi connectivity index (χ4n) is 2.18. The lowest BCUT2D eigenvalue weighted by Gasteiger charge is -2.21. The molecule has 0 amide bonds. The standard InChI is InChI=1S/C12H24O2/c1-3-10(8-11(13)4-2)9-12-6-5-7-14-12/h10-13H,3-9H2,1-2H3. The Bertz CT molecular complexity index is 141. The topological polar surface area (TPSA) is 29.5 Å². The molecule has 1 aliphatic heterocycles. The summed E-state index contributed by atoms with van der Waals surface area (Å²) < 4.78 is 5.62. The van der Waals surface area contributed by atoms with E-state index in [0.29, 0.717) is 12.0 Å². The maximum absolute atomic E-state index is 9.59. The van der Waals surface area contributed by atoms with E-state index in [1.807, 2.05) is 6.92 Å². The van der Waals surface area contributed by atoms with Gasteiger partial charge in [0.25, 0.3) is 0 Å². The van der Waals surface area contributed by atoms with Crippen LogP contribution >= 0.6 is 0 Å². The van der Waals surface area contributed by atoms with Crippen LogP contribution in [0.4, 0.5) is 0 Å². The number of aliphatic hydroxyl groups excluding tert-OH is 1. The molecule has 0 radical (unpaired) electrons. The number of rotatable bonds is 6. The largest absolute Gasteiger partial charge is 0.393 e. The molecule has 0 aromatic heterocycles. The summed E-state index contributed by atoms with van der Waals surface area (Å²) in [5, 5.41) is 9.59. The summed E-state index contributed by atoms with van der Waals surface area (Å²) >= 11 is 0. The van der Waals surface area contributed by atoms with Crippen LogP contribution in [0.1, 0.15) is 52.4 Å². The van der Waals surface area contributed by atoms with E-state index in [1.165, 1.54) is 12.8 Å². The Kier molecular flexibility index (Phi) is 5.49. The minimum atomic E-state index is -0.110. The average molecular weight is 200 g/mol. The molecule has 1 fully saturated rings. The van der Waals surface area contributed by atoms with E-state index >= 15 is 0 Å². The van der Waals surface area contributed by atoms with Crippen LogP contribution < -0.4 is 0 Å². The molecule has 3 atom stereocenters. The van der Waals surface area contributed by atoms with Gasteiger partial charge in [0.2, 0.25) is 0 Å². The van der Waals surface area contributed by atoms with Crippen molar-refractivity contribution in [1.82, 2.24) is 0 Å². The molecule has 1 heterocycles. The second-order valence-electron chi connectivity index (χ2n) is 4.44. The molecule has 1 saturated heterocycles. The second-order valence-corrected chi connectivity index (χ2v) is 4.44. The van der Waals surface area contributed by atoms with Gasteiger partial charge in [-0.1, -0.05) is 20.3 Å². The molecule has 1 aliphatic rings. The molecule has 0 aliphatic carbocycles. The Morgan fingerprint density at radius 1 is 1.36 bits per heavy atom. The van der Waals surface area contributed by atoms with Gasteiger partial charge in [-0.3, -0.25) is 0 Å². The van der Waals surface area contributed by atoms with E-state index in [4.69, 9.17) is 4.74 Å². The highest BCUT2D eigenvalue weighted by atomic mass is 16.5. The zero-order valence-corrected chi connectivity index (χ0v) is 9.54. The summed E-state index contributed by atoms with van der Waals surface area (Å²) in [6, 6.07) is 0. The van der Waals surface area contributed by atoms with E-state index in [1.54, 1.807) is 0 Å². The molecule has 2 heteroatoms. The Labute approximate surface area is 87.7 Å². The third-order valence-corrected chi connectivity index (χ3v) is 3.27. The minimum absolute atomic E-state index is 0.110. The van der Waals surface area contributed by atoms with Gasteiger partial charge in [-0.15, -0.1) is 0 Å². The molecule has 0 aromatic rings. The van der Waals surface area contributed by atoms with Gasteiger partial charge in [-0.2, -0.15) is 0 Å². The monoisotopic (exact) mass is 200 g/mol. The first-order valence-corrected chi connectivity index (χ1v) is 6.05. The van der Waals surface area contributed by atoms with E-state index in [2.05, 4.69) is 6.92 Å². The van der Waals surface area contributed by atoms with Gasteiger partial charge in [0, 0.05) is 6.61 Å². The second kappa shape index (κ2) is 6.41. The number of aliphatic hydroxyl groups is 1.